The number of nitrogens with zero attached hydrogens (tertiary/aromatic N) is 1. The number of benzene rings is 3. The molecule has 3 aromatic carbocycles. The molecule has 0 radical (unpaired) electrons. The van der Waals surface area contributed by atoms with Gasteiger partial charge in [-0.1, -0.05) is 29.8 Å². The minimum absolute atomic E-state index is 0.0106. The summed E-state index contributed by atoms with van der Waals surface area (Å²) in [7, 11) is 0. The van der Waals surface area contributed by atoms with E-state index in [0.29, 0.717) is 22.6 Å². The predicted molar refractivity (Wildman–Crippen MR) is 113 cm³/mol. The molecule has 158 valence electrons. The lowest BCUT2D eigenvalue weighted by molar-refractivity contribution is -0.384. The average molecular weight is 420 g/mol. The minimum Gasteiger partial charge on any atom is -0.460 e. The zero-order valence-corrected chi connectivity index (χ0v) is 16.7. The molecule has 0 heterocycles. The predicted octanol–water partition coefficient (Wildman–Crippen LogP) is 4.17. The van der Waals surface area contributed by atoms with Gasteiger partial charge in [-0.05, 0) is 48.9 Å². The van der Waals surface area contributed by atoms with Gasteiger partial charge in [0.2, 0.25) is 0 Å². The minimum atomic E-state index is -0.567. The van der Waals surface area contributed by atoms with Crippen LogP contribution in [-0.2, 0) is 16.1 Å². The van der Waals surface area contributed by atoms with Crippen LogP contribution in [0.1, 0.15) is 21.5 Å². The van der Waals surface area contributed by atoms with Crippen molar-refractivity contribution in [3.63, 3.8) is 0 Å². The molecule has 0 aliphatic carbocycles. The second-order valence-electron chi connectivity index (χ2n) is 6.71. The van der Waals surface area contributed by atoms with Gasteiger partial charge in [0, 0.05) is 17.7 Å². The van der Waals surface area contributed by atoms with Crippen molar-refractivity contribution in [1.82, 2.24) is 5.32 Å². The van der Waals surface area contributed by atoms with Gasteiger partial charge in [0.25, 0.3) is 11.6 Å². The first-order valence-corrected chi connectivity index (χ1v) is 9.42. The topological polar surface area (TPSA) is 108 Å². The van der Waals surface area contributed by atoms with Crippen LogP contribution in [0.5, 0.6) is 11.5 Å². The van der Waals surface area contributed by atoms with Crippen LogP contribution in [0.4, 0.5) is 5.69 Å². The molecular formula is C23H20N2O6. The Bertz CT molecular complexity index is 1080. The van der Waals surface area contributed by atoms with Crippen molar-refractivity contribution >= 4 is 17.6 Å². The van der Waals surface area contributed by atoms with Crippen molar-refractivity contribution in [2.24, 2.45) is 0 Å². The smallest absolute Gasteiger partial charge is 0.325 e. The SMILES string of the molecule is Cc1ccc(C(=O)NCC(=O)OCc2cccc(Oc3ccc([N+](=O)[O-])cc3)c2)cc1. The summed E-state index contributed by atoms with van der Waals surface area (Å²) >= 11 is 0. The Morgan fingerprint density at radius 3 is 2.35 bits per heavy atom. The highest BCUT2D eigenvalue weighted by molar-refractivity contribution is 5.95. The molecule has 0 saturated heterocycles. The molecule has 0 bridgehead atoms. The Morgan fingerprint density at radius 1 is 0.968 bits per heavy atom. The lowest BCUT2D eigenvalue weighted by Crippen LogP contribution is -2.30. The first kappa shape index (κ1) is 21.5. The van der Waals surface area contributed by atoms with Crippen molar-refractivity contribution in [2.45, 2.75) is 13.5 Å². The lowest BCUT2D eigenvalue weighted by atomic mass is 10.1. The molecule has 8 nitrogen and oxygen atoms in total. The number of hydrogen-bond acceptors (Lipinski definition) is 6. The molecule has 0 unspecified atom stereocenters. The molecule has 31 heavy (non-hydrogen) atoms. The number of nitrogens with one attached hydrogen (secondary N) is 1. The number of carbonyl (C=O) groups excluding carboxylic acids is 2. The molecule has 0 aliphatic rings. The number of ether oxygens (including phenoxy) is 2. The van der Waals surface area contributed by atoms with Gasteiger partial charge in [-0.15, -0.1) is 0 Å². The second kappa shape index (κ2) is 10.0. The van der Waals surface area contributed by atoms with Gasteiger partial charge in [-0.3, -0.25) is 19.7 Å². The van der Waals surface area contributed by atoms with Crippen LogP contribution >= 0.6 is 0 Å². The van der Waals surface area contributed by atoms with Gasteiger partial charge < -0.3 is 14.8 Å². The van der Waals surface area contributed by atoms with Gasteiger partial charge in [0.05, 0.1) is 4.92 Å². The molecule has 0 aromatic heterocycles. The lowest BCUT2D eigenvalue weighted by Gasteiger charge is -2.09. The van der Waals surface area contributed by atoms with Gasteiger partial charge in [0.1, 0.15) is 24.7 Å². The largest absolute Gasteiger partial charge is 0.460 e. The molecule has 0 spiro atoms. The number of hydrogen-bond donors (Lipinski definition) is 1. The normalized spacial score (nSPS) is 10.2. The molecular weight excluding hydrogens is 400 g/mol. The molecule has 0 fully saturated rings. The fraction of sp³-hybridized carbons (Fsp3) is 0.130. The number of esters is 1. The number of non-ortho nitro benzene ring substituents is 1. The fourth-order valence-corrected chi connectivity index (χ4v) is 2.65. The number of rotatable bonds is 8. The van der Waals surface area contributed by atoms with Gasteiger partial charge in [-0.25, -0.2) is 0 Å². The highest BCUT2D eigenvalue weighted by Gasteiger charge is 2.10. The zero-order valence-electron chi connectivity index (χ0n) is 16.7. The van der Waals surface area contributed by atoms with E-state index in [-0.39, 0.29) is 24.7 Å². The summed E-state index contributed by atoms with van der Waals surface area (Å²) in [5.74, 6) is 0.0197. The summed E-state index contributed by atoms with van der Waals surface area (Å²) in [6, 6.07) is 19.6. The van der Waals surface area contributed by atoms with Crippen LogP contribution in [0.25, 0.3) is 0 Å². The summed E-state index contributed by atoms with van der Waals surface area (Å²) in [5.41, 5.74) is 2.17. The highest BCUT2D eigenvalue weighted by Crippen LogP contribution is 2.24. The third-order valence-electron chi connectivity index (χ3n) is 4.29. The summed E-state index contributed by atoms with van der Waals surface area (Å²) < 4.78 is 10.9. The monoisotopic (exact) mass is 420 g/mol. The van der Waals surface area contributed by atoms with Crippen molar-refractivity contribution < 1.29 is 24.0 Å². The number of aryl methyl sites for hydroxylation is 1. The Kier molecular flexibility index (Phi) is 6.95. The third kappa shape index (κ3) is 6.40. The first-order valence-electron chi connectivity index (χ1n) is 9.42. The van der Waals surface area contributed by atoms with E-state index in [1.54, 1.807) is 36.4 Å². The quantitative estimate of drug-likeness (QED) is 0.333. The van der Waals surface area contributed by atoms with E-state index in [1.165, 1.54) is 24.3 Å². The van der Waals surface area contributed by atoms with E-state index in [1.807, 2.05) is 19.1 Å². The fourth-order valence-electron chi connectivity index (χ4n) is 2.65. The molecule has 3 rings (SSSR count). The number of nitro groups is 1. The summed E-state index contributed by atoms with van der Waals surface area (Å²) in [5, 5.41) is 13.2. The van der Waals surface area contributed by atoms with Crippen LogP contribution in [0, 0.1) is 17.0 Å². The molecule has 1 amide bonds. The Balaban J connectivity index is 1.49. The van der Waals surface area contributed by atoms with Gasteiger partial charge in [0.15, 0.2) is 0 Å². The summed E-state index contributed by atoms with van der Waals surface area (Å²) in [6.45, 7) is 1.69. The number of carbonyl (C=O) groups is 2. The van der Waals surface area contributed by atoms with Crippen molar-refractivity contribution in [3.05, 3.63) is 99.6 Å². The van der Waals surface area contributed by atoms with Crippen LogP contribution in [-0.4, -0.2) is 23.3 Å². The second-order valence-corrected chi connectivity index (χ2v) is 6.71. The molecule has 0 atom stereocenters. The Morgan fingerprint density at radius 2 is 1.68 bits per heavy atom. The van der Waals surface area contributed by atoms with E-state index in [2.05, 4.69) is 5.32 Å². The maximum absolute atomic E-state index is 12.0. The van der Waals surface area contributed by atoms with Crippen LogP contribution in [0.2, 0.25) is 0 Å². The van der Waals surface area contributed by atoms with E-state index in [0.717, 1.165) is 5.56 Å². The number of nitro benzene ring substituents is 1. The molecule has 1 N–H and O–H groups in total. The maximum atomic E-state index is 12.0. The molecule has 0 saturated carbocycles. The highest BCUT2D eigenvalue weighted by atomic mass is 16.6. The third-order valence-corrected chi connectivity index (χ3v) is 4.29. The van der Waals surface area contributed by atoms with Crippen molar-refractivity contribution in [2.75, 3.05) is 6.54 Å². The van der Waals surface area contributed by atoms with Crippen LogP contribution in [0.3, 0.4) is 0 Å². The van der Waals surface area contributed by atoms with Crippen LogP contribution in [0.15, 0.2) is 72.8 Å². The summed E-state index contributed by atoms with van der Waals surface area (Å²) in [6.07, 6.45) is 0. The number of amides is 1. The van der Waals surface area contributed by atoms with Gasteiger partial charge in [-0.2, -0.15) is 0 Å². The zero-order chi connectivity index (χ0) is 22.2. The van der Waals surface area contributed by atoms with Crippen LogP contribution < -0.4 is 10.1 Å². The maximum Gasteiger partial charge on any atom is 0.325 e. The average Bonchev–Trinajstić information content (AvgIpc) is 2.77. The Labute approximate surface area is 178 Å². The molecule has 8 heteroatoms. The molecule has 3 aromatic rings. The van der Waals surface area contributed by atoms with Gasteiger partial charge >= 0.3 is 5.97 Å². The summed E-state index contributed by atoms with van der Waals surface area (Å²) in [4.78, 5) is 34.2. The standard InChI is InChI=1S/C23H20N2O6/c1-16-5-7-18(8-6-16)23(27)24-14-22(26)30-15-17-3-2-4-21(13-17)31-20-11-9-19(10-12-20)25(28)29/h2-13H,14-15H2,1H3,(H,24,27). The van der Waals surface area contributed by atoms with E-state index >= 15 is 0 Å². The molecule has 0 aliphatic heterocycles. The first-order chi connectivity index (χ1) is 14.9. The Hall–Kier alpha value is -4.20. The van der Waals surface area contributed by atoms with E-state index in [9.17, 15) is 19.7 Å². The van der Waals surface area contributed by atoms with Crippen molar-refractivity contribution in [3.8, 4) is 11.5 Å². The van der Waals surface area contributed by atoms with Crippen molar-refractivity contribution in [1.29, 1.82) is 0 Å². The van der Waals surface area contributed by atoms with E-state index < -0.39 is 10.9 Å². The van der Waals surface area contributed by atoms with E-state index in [4.69, 9.17) is 9.47 Å².